The van der Waals surface area contributed by atoms with Crippen LogP contribution < -0.4 is 5.32 Å². The van der Waals surface area contributed by atoms with E-state index in [9.17, 15) is 0 Å². The van der Waals surface area contributed by atoms with Gasteiger partial charge in [0.2, 0.25) is 5.16 Å². The molecule has 1 aromatic rings. The van der Waals surface area contributed by atoms with Crippen molar-refractivity contribution in [3.63, 3.8) is 0 Å². The topological polar surface area (TPSA) is 55.6 Å². The Balaban J connectivity index is 1.84. The van der Waals surface area contributed by atoms with Crippen molar-refractivity contribution >= 4 is 11.8 Å². The van der Waals surface area contributed by atoms with E-state index >= 15 is 0 Å². The van der Waals surface area contributed by atoms with Crippen molar-refractivity contribution in [1.82, 2.24) is 25.5 Å². The van der Waals surface area contributed by atoms with Gasteiger partial charge in [0.25, 0.3) is 0 Å². The van der Waals surface area contributed by atoms with E-state index in [1.807, 2.05) is 4.68 Å². The Labute approximate surface area is 107 Å². The average molecular weight is 255 g/mol. The molecular formula is C11H21N5S. The van der Waals surface area contributed by atoms with Crippen molar-refractivity contribution in [2.75, 3.05) is 12.3 Å². The number of rotatable bonds is 8. The molecule has 1 aliphatic rings. The zero-order chi connectivity index (χ0) is 12.1. The molecule has 1 aliphatic carbocycles. The Bertz CT molecular complexity index is 330. The second kappa shape index (κ2) is 6.35. The van der Waals surface area contributed by atoms with Crippen molar-refractivity contribution in [2.45, 2.75) is 56.8 Å². The highest BCUT2D eigenvalue weighted by Gasteiger charge is 2.28. The van der Waals surface area contributed by atoms with Gasteiger partial charge in [-0.3, -0.25) is 0 Å². The SMILES string of the molecule is CCCC(CSc1nnnn1C1CC1)NCC. The number of hydrogen-bond acceptors (Lipinski definition) is 5. The third kappa shape index (κ3) is 3.67. The first-order valence-corrected chi connectivity index (χ1v) is 7.47. The molecule has 1 atom stereocenters. The molecule has 5 nitrogen and oxygen atoms in total. The van der Waals surface area contributed by atoms with Gasteiger partial charge in [0.05, 0.1) is 6.04 Å². The number of tetrazole rings is 1. The van der Waals surface area contributed by atoms with Gasteiger partial charge < -0.3 is 5.32 Å². The van der Waals surface area contributed by atoms with Gasteiger partial charge in [0.15, 0.2) is 0 Å². The summed E-state index contributed by atoms with van der Waals surface area (Å²) in [4.78, 5) is 0. The molecule has 0 bridgehead atoms. The van der Waals surface area contributed by atoms with E-state index in [0.29, 0.717) is 12.1 Å². The van der Waals surface area contributed by atoms with Crippen LogP contribution in [0.25, 0.3) is 0 Å². The molecule has 0 spiro atoms. The lowest BCUT2D eigenvalue weighted by Gasteiger charge is -2.15. The average Bonchev–Trinajstić information content (AvgIpc) is 3.06. The van der Waals surface area contributed by atoms with E-state index in [1.165, 1.54) is 25.7 Å². The predicted molar refractivity (Wildman–Crippen MR) is 69.2 cm³/mol. The molecule has 0 aromatic carbocycles. The molecule has 96 valence electrons. The van der Waals surface area contributed by atoms with Crippen LogP contribution >= 0.6 is 11.8 Å². The molecule has 1 saturated carbocycles. The fourth-order valence-electron chi connectivity index (χ4n) is 1.89. The molecule has 0 radical (unpaired) electrons. The second-order valence-corrected chi connectivity index (χ2v) is 5.48. The van der Waals surface area contributed by atoms with Gasteiger partial charge in [-0.25, -0.2) is 4.68 Å². The van der Waals surface area contributed by atoms with Gasteiger partial charge in [-0.05, 0) is 36.2 Å². The molecule has 1 fully saturated rings. The summed E-state index contributed by atoms with van der Waals surface area (Å²) >= 11 is 1.77. The highest BCUT2D eigenvalue weighted by molar-refractivity contribution is 7.99. The zero-order valence-electron chi connectivity index (χ0n) is 10.6. The number of aromatic nitrogens is 4. The Kier molecular flexibility index (Phi) is 4.79. The van der Waals surface area contributed by atoms with Crippen LogP contribution in [0.4, 0.5) is 0 Å². The summed E-state index contributed by atoms with van der Waals surface area (Å²) in [6, 6.07) is 1.13. The minimum absolute atomic E-state index is 0.566. The van der Waals surface area contributed by atoms with Gasteiger partial charge in [-0.1, -0.05) is 32.0 Å². The molecule has 1 heterocycles. The van der Waals surface area contributed by atoms with Crippen LogP contribution in [0.5, 0.6) is 0 Å². The quantitative estimate of drug-likeness (QED) is 0.719. The Morgan fingerprint density at radius 3 is 2.94 bits per heavy atom. The summed E-state index contributed by atoms with van der Waals surface area (Å²) in [7, 11) is 0. The number of thioether (sulfide) groups is 1. The van der Waals surface area contributed by atoms with Crippen molar-refractivity contribution in [1.29, 1.82) is 0 Å². The summed E-state index contributed by atoms with van der Waals surface area (Å²) in [6.45, 7) is 5.41. The second-order valence-electron chi connectivity index (χ2n) is 4.49. The molecule has 1 aromatic heterocycles. The highest BCUT2D eigenvalue weighted by atomic mass is 32.2. The molecule has 2 rings (SSSR count). The summed E-state index contributed by atoms with van der Waals surface area (Å²) in [5.74, 6) is 1.05. The molecule has 0 saturated heterocycles. The minimum atomic E-state index is 0.566. The van der Waals surface area contributed by atoms with Crippen LogP contribution in [0, 0.1) is 0 Å². The van der Waals surface area contributed by atoms with Crippen molar-refractivity contribution in [3.8, 4) is 0 Å². The van der Waals surface area contributed by atoms with E-state index in [4.69, 9.17) is 0 Å². The Morgan fingerprint density at radius 1 is 1.47 bits per heavy atom. The number of nitrogens with one attached hydrogen (secondary N) is 1. The van der Waals surface area contributed by atoms with Crippen LogP contribution in [-0.4, -0.2) is 38.5 Å². The lowest BCUT2D eigenvalue weighted by atomic mass is 10.2. The number of hydrogen-bond donors (Lipinski definition) is 1. The first kappa shape index (κ1) is 12.8. The maximum absolute atomic E-state index is 4.11. The lowest BCUT2D eigenvalue weighted by Crippen LogP contribution is -2.31. The molecule has 1 unspecified atom stereocenters. The van der Waals surface area contributed by atoms with Crippen LogP contribution in [-0.2, 0) is 0 Å². The first-order valence-electron chi connectivity index (χ1n) is 6.49. The first-order chi connectivity index (χ1) is 8.35. The van der Waals surface area contributed by atoms with E-state index in [0.717, 1.165) is 17.5 Å². The summed E-state index contributed by atoms with van der Waals surface area (Å²) in [6.07, 6.45) is 4.88. The third-order valence-corrected chi connectivity index (χ3v) is 3.99. The zero-order valence-corrected chi connectivity index (χ0v) is 11.4. The molecule has 17 heavy (non-hydrogen) atoms. The smallest absolute Gasteiger partial charge is 0.209 e. The standard InChI is InChI=1S/C11H21N5S/c1-3-5-9(12-4-2)8-17-11-13-14-15-16(11)10-6-7-10/h9-10,12H,3-8H2,1-2H3. The van der Waals surface area contributed by atoms with Crippen LogP contribution in [0.15, 0.2) is 5.16 Å². The maximum Gasteiger partial charge on any atom is 0.209 e. The van der Waals surface area contributed by atoms with Gasteiger partial charge >= 0.3 is 0 Å². The van der Waals surface area contributed by atoms with E-state index in [2.05, 4.69) is 34.7 Å². The molecule has 6 heteroatoms. The normalized spacial score (nSPS) is 17.3. The van der Waals surface area contributed by atoms with E-state index in [1.54, 1.807) is 11.8 Å². The van der Waals surface area contributed by atoms with Gasteiger partial charge in [0.1, 0.15) is 0 Å². The van der Waals surface area contributed by atoms with Gasteiger partial charge in [0, 0.05) is 11.8 Å². The maximum atomic E-state index is 4.11. The highest BCUT2D eigenvalue weighted by Crippen LogP contribution is 2.36. The fraction of sp³-hybridized carbons (Fsp3) is 0.909. The summed E-state index contributed by atoms with van der Waals surface area (Å²) in [5, 5.41) is 16.4. The van der Waals surface area contributed by atoms with Crippen molar-refractivity contribution in [3.05, 3.63) is 0 Å². The summed E-state index contributed by atoms with van der Waals surface area (Å²) in [5.41, 5.74) is 0. The molecule has 0 amide bonds. The van der Waals surface area contributed by atoms with Gasteiger partial charge in [-0.15, -0.1) is 5.10 Å². The largest absolute Gasteiger partial charge is 0.313 e. The van der Waals surface area contributed by atoms with Crippen molar-refractivity contribution in [2.24, 2.45) is 0 Å². The monoisotopic (exact) mass is 255 g/mol. The van der Waals surface area contributed by atoms with E-state index < -0.39 is 0 Å². The van der Waals surface area contributed by atoms with Gasteiger partial charge in [-0.2, -0.15) is 0 Å². The van der Waals surface area contributed by atoms with Crippen LogP contribution in [0.3, 0.4) is 0 Å². The molecular weight excluding hydrogens is 234 g/mol. The number of nitrogens with zero attached hydrogens (tertiary/aromatic N) is 4. The third-order valence-electron chi connectivity index (χ3n) is 2.90. The predicted octanol–water partition coefficient (Wildman–Crippen LogP) is 1.88. The van der Waals surface area contributed by atoms with Crippen LogP contribution in [0.1, 0.15) is 45.6 Å². The minimum Gasteiger partial charge on any atom is -0.313 e. The molecule has 1 N–H and O–H groups in total. The van der Waals surface area contributed by atoms with E-state index in [-0.39, 0.29) is 0 Å². The van der Waals surface area contributed by atoms with Crippen molar-refractivity contribution < 1.29 is 0 Å². The Morgan fingerprint density at radius 2 is 2.29 bits per heavy atom. The Hall–Kier alpha value is -0.620. The summed E-state index contributed by atoms with van der Waals surface area (Å²) < 4.78 is 1.99. The molecule has 0 aliphatic heterocycles. The van der Waals surface area contributed by atoms with Crippen LogP contribution in [0.2, 0.25) is 0 Å². The lowest BCUT2D eigenvalue weighted by molar-refractivity contribution is 0.528. The fourth-order valence-corrected chi connectivity index (χ4v) is 2.93.